The van der Waals surface area contributed by atoms with E-state index >= 15 is 0 Å². The second kappa shape index (κ2) is 5.80. The van der Waals surface area contributed by atoms with Crippen molar-refractivity contribution in [1.29, 1.82) is 0 Å². The minimum absolute atomic E-state index is 0.0526. The molecule has 1 spiro atoms. The smallest absolute Gasteiger partial charge is 0.221 e. The van der Waals surface area contributed by atoms with E-state index in [0.717, 1.165) is 45.6 Å². The number of hydrogen-bond acceptors (Lipinski definition) is 4. The van der Waals surface area contributed by atoms with Crippen LogP contribution in [-0.4, -0.2) is 51.0 Å². The summed E-state index contributed by atoms with van der Waals surface area (Å²) in [6, 6.07) is 0.454. The Morgan fingerprint density at radius 1 is 1.47 bits per heavy atom. The molecule has 0 aromatic carbocycles. The van der Waals surface area contributed by atoms with Gasteiger partial charge in [0, 0.05) is 45.7 Å². The maximum Gasteiger partial charge on any atom is 0.221 e. The highest BCUT2D eigenvalue weighted by atomic mass is 16.6. The molecule has 5 heteroatoms. The van der Waals surface area contributed by atoms with Crippen LogP contribution < -0.4 is 10.6 Å². The number of carbonyl (C=O) groups excluding carboxylic acids is 1. The maximum absolute atomic E-state index is 11.1. The zero-order valence-electron chi connectivity index (χ0n) is 10.5. The van der Waals surface area contributed by atoms with Crippen molar-refractivity contribution < 1.29 is 14.3 Å². The molecule has 0 aromatic heterocycles. The molecule has 2 atom stereocenters. The molecule has 5 nitrogen and oxygen atoms in total. The summed E-state index contributed by atoms with van der Waals surface area (Å²) in [5, 5.41) is 6.07. The second-order valence-corrected chi connectivity index (χ2v) is 4.90. The minimum atomic E-state index is -0.0526. The predicted octanol–water partition coefficient (Wildman–Crippen LogP) is 0.0502. The zero-order valence-corrected chi connectivity index (χ0v) is 10.5. The lowest BCUT2D eigenvalue weighted by Crippen LogP contribution is -2.48. The number of carbonyl (C=O) groups is 1. The molecular weight excluding hydrogens is 220 g/mol. The summed E-state index contributed by atoms with van der Waals surface area (Å²) >= 11 is 0. The Morgan fingerprint density at radius 2 is 2.35 bits per heavy atom. The van der Waals surface area contributed by atoms with Gasteiger partial charge in [0.15, 0.2) is 0 Å². The van der Waals surface area contributed by atoms with Crippen LogP contribution in [0.5, 0.6) is 0 Å². The van der Waals surface area contributed by atoms with Gasteiger partial charge < -0.3 is 20.1 Å². The summed E-state index contributed by atoms with van der Waals surface area (Å²) in [6.07, 6.45) is 3.56. The van der Waals surface area contributed by atoms with E-state index < -0.39 is 0 Å². The van der Waals surface area contributed by atoms with Gasteiger partial charge in [-0.1, -0.05) is 0 Å². The molecule has 0 radical (unpaired) electrons. The van der Waals surface area contributed by atoms with Crippen molar-refractivity contribution >= 4 is 5.91 Å². The van der Waals surface area contributed by atoms with Gasteiger partial charge in [0.05, 0.1) is 12.2 Å². The van der Waals surface area contributed by atoms with Gasteiger partial charge in [-0.3, -0.25) is 4.79 Å². The van der Waals surface area contributed by atoms with Crippen LogP contribution in [-0.2, 0) is 14.3 Å². The normalized spacial score (nSPS) is 32.9. The van der Waals surface area contributed by atoms with E-state index in [1.54, 1.807) is 7.05 Å². The predicted molar refractivity (Wildman–Crippen MR) is 63.8 cm³/mol. The third-order valence-electron chi connectivity index (χ3n) is 3.62. The lowest BCUT2D eigenvalue weighted by molar-refractivity contribution is -0.120. The van der Waals surface area contributed by atoms with Crippen molar-refractivity contribution in [2.24, 2.45) is 0 Å². The molecule has 0 saturated carbocycles. The Labute approximate surface area is 102 Å². The van der Waals surface area contributed by atoms with E-state index in [-0.39, 0.29) is 11.5 Å². The molecule has 2 aliphatic heterocycles. The van der Waals surface area contributed by atoms with Crippen molar-refractivity contribution in [3.8, 4) is 0 Å². The monoisotopic (exact) mass is 242 g/mol. The van der Waals surface area contributed by atoms with Gasteiger partial charge in [-0.2, -0.15) is 0 Å². The van der Waals surface area contributed by atoms with E-state index in [1.165, 1.54) is 0 Å². The number of amides is 1. The first-order valence-corrected chi connectivity index (χ1v) is 6.40. The third kappa shape index (κ3) is 3.40. The van der Waals surface area contributed by atoms with Crippen LogP contribution in [0, 0.1) is 0 Å². The zero-order chi connectivity index (χ0) is 12.1. The lowest BCUT2D eigenvalue weighted by Gasteiger charge is -2.37. The summed E-state index contributed by atoms with van der Waals surface area (Å²) in [5.41, 5.74) is -0.0526. The van der Waals surface area contributed by atoms with Gasteiger partial charge in [0.2, 0.25) is 5.91 Å². The van der Waals surface area contributed by atoms with Crippen LogP contribution in [0.4, 0.5) is 0 Å². The highest BCUT2D eigenvalue weighted by molar-refractivity contribution is 5.75. The summed E-state index contributed by atoms with van der Waals surface area (Å²) in [6.45, 7) is 3.06. The summed E-state index contributed by atoms with van der Waals surface area (Å²) in [5.74, 6) is 0.0865. The fourth-order valence-electron chi connectivity index (χ4n) is 2.58. The van der Waals surface area contributed by atoms with Crippen molar-refractivity contribution in [3.05, 3.63) is 0 Å². The number of nitrogens with one attached hydrogen (secondary N) is 2. The van der Waals surface area contributed by atoms with Crippen LogP contribution in [0.15, 0.2) is 0 Å². The van der Waals surface area contributed by atoms with Crippen LogP contribution in [0.1, 0.15) is 25.7 Å². The molecule has 17 heavy (non-hydrogen) atoms. The SMILES string of the molecule is CNC(=O)CCNC1CCOC2(CCOC2)C1. The summed E-state index contributed by atoms with van der Waals surface area (Å²) in [7, 11) is 1.67. The third-order valence-corrected chi connectivity index (χ3v) is 3.62. The van der Waals surface area contributed by atoms with E-state index in [1.807, 2.05) is 0 Å². The van der Waals surface area contributed by atoms with Gasteiger partial charge in [0.25, 0.3) is 0 Å². The summed E-state index contributed by atoms with van der Waals surface area (Å²) < 4.78 is 11.3. The molecule has 2 fully saturated rings. The first kappa shape index (κ1) is 12.8. The Morgan fingerprint density at radius 3 is 3.06 bits per heavy atom. The topological polar surface area (TPSA) is 59.6 Å². The largest absolute Gasteiger partial charge is 0.378 e. The average molecular weight is 242 g/mol. The molecular formula is C12H22N2O3. The number of rotatable bonds is 4. The molecule has 2 heterocycles. The van der Waals surface area contributed by atoms with E-state index in [4.69, 9.17) is 9.47 Å². The summed E-state index contributed by atoms with van der Waals surface area (Å²) in [4.78, 5) is 11.1. The van der Waals surface area contributed by atoms with Crippen molar-refractivity contribution in [3.63, 3.8) is 0 Å². The Balaban J connectivity index is 1.72. The quantitative estimate of drug-likeness (QED) is 0.731. The lowest BCUT2D eigenvalue weighted by atomic mass is 9.89. The molecule has 2 unspecified atom stereocenters. The Bertz CT molecular complexity index is 264. The molecule has 2 rings (SSSR count). The van der Waals surface area contributed by atoms with Crippen LogP contribution >= 0.6 is 0 Å². The first-order valence-electron chi connectivity index (χ1n) is 6.40. The van der Waals surface area contributed by atoms with Gasteiger partial charge in [-0.15, -0.1) is 0 Å². The molecule has 1 amide bonds. The van der Waals surface area contributed by atoms with Crippen molar-refractivity contribution in [2.75, 3.05) is 33.4 Å². The highest BCUT2D eigenvalue weighted by Gasteiger charge is 2.40. The van der Waals surface area contributed by atoms with Gasteiger partial charge in [-0.05, 0) is 12.8 Å². The second-order valence-electron chi connectivity index (χ2n) is 4.90. The molecule has 0 bridgehead atoms. The van der Waals surface area contributed by atoms with Crippen LogP contribution in [0.2, 0.25) is 0 Å². The molecule has 0 aliphatic carbocycles. The highest BCUT2D eigenvalue weighted by Crippen LogP contribution is 2.32. The van der Waals surface area contributed by atoms with E-state index in [9.17, 15) is 4.79 Å². The number of hydrogen-bond donors (Lipinski definition) is 2. The Kier molecular flexibility index (Phi) is 4.36. The van der Waals surface area contributed by atoms with Crippen LogP contribution in [0.3, 0.4) is 0 Å². The number of ether oxygens (including phenoxy) is 2. The average Bonchev–Trinajstić information content (AvgIpc) is 2.77. The fraction of sp³-hybridized carbons (Fsp3) is 0.917. The van der Waals surface area contributed by atoms with Crippen molar-refractivity contribution in [1.82, 2.24) is 10.6 Å². The van der Waals surface area contributed by atoms with Gasteiger partial charge in [0.1, 0.15) is 0 Å². The van der Waals surface area contributed by atoms with E-state index in [0.29, 0.717) is 12.5 Å². The molecule has 2 aliphatic rings. The molecule has 98 valence electrons. The standard InChI is InChI=1S/C12H22N2O3/c1-13-11(15)2-5-14-10-3-6-17-12(8-10)4-7-16-9-12/h10,14H,2-9H2,1H3,(H,13,15). The van der Waals surface area contributed by atoms with Gasteiger partial charge in [-0.25, -0.2) is 0 Å². The minimum Gasteiger partial charge on any atom is -0.378 e. The first-order chi connectivity index (χ1) is 8.24. The molecule has 0 aromatic rings. The molecule has 2 saturated heterocycles. The molecule has 2 N–H and O–H groups in total. The van der Waals surface area contributed by atoms with Gasteiger partial charge >= 0.3 is 0 Å². The van der Waals surface area contributed by atoms with Crippen molar-refractivity contribution in [2.45, 2.75) is 37.3 Å². The Hall–Kier alpha value is -0.650. The van der Waals surface area contributed by atoms with Crippen LogP contribution in [0.25, 0.3) is 0 Å². The fourth-order valence-corrected chi connectivity index (χ4v) is 2.58. The maximum atomic E-state index is 11.1. The van der Waals surface area contributed by atoms with E-state index in [2.05, 4.69) is 10.6 Å².